The van der Waals surface area contributed by atoms with E-state index in [0.29, 0.717) is 29.1 Å². The number of hydroxylamine groups is 2. The number of ketones is 1. The van der Waals surface area contributed by atoms with Crippen molar-refractivity contribution in [1.82, 2.24) is 5.06 Å². The minimum absolute atomic E-state index is 0.101. The highest BCUT2D eigenvalue weighted by Crippen LogP contribution is 2.34. The molecule has 0 saturated carbocycles. The van der Waals surface area contributed by atoms with Crippen molar-refractivity contribution >= 4 is 40.6 Å². The SMILES string of the molecule is CCN1OC/C(=C\c2ccc(N(c3ccccc3)c3ccccc3)cc2)O/C1=N\c1ccccc1C(=O)c1ccccc1. The van der Waals surface area contributed by atoms with Crippen molar-refractivity contribution in [2.75, 3.05) is 18.1 Å². The second kappa shape index (κ2) is 13.0. The zero-order valence-electron chi connectivity index (χ0n) is 23.8. The van der Waals surface area contributed by atoms with E-state index in [1.807, 2.05) is 85.8 Å². The quantitative estimate of drug-likeness (QED) is 0.176. The molecule has 1 fully saturated rings. The number of hydrogen-bond acceptors (Lipinski definition) is 5. The van der Waals surface area contributed by atoms with Crippen LogP contribution in [0.15, 0.2) is 150 Å². The second-order valence-electron chi connectivity index (χ2n) is 9.89. The third-order valence-corrected chi connectivity index (χ3v) is 6.99. The first-order valence-corrected chi connectivity index (χ1v) is 14.3. The van der Waals surface area contributed by atoms with Gasteiger partial charge in [0.2, 0.25) is 0 Å². The van der Waals surface area contributed by atoms with Crippen molar-refractivity contribution in [1.29, 1.82) is 0 Å². The van der Waals surface area contributed by atoms with E-state index in [1.165, 1.54) is 0 Å². The van der Waals surface area contributed by atoms with Crippen LogP contribution in [-0.4, -0.2) is 30.0 Å². The summed E-state index contributed by atoms with van der Waals surface area (Å²) in [5, 5.41) is 1.60. The molecule has 6 rings (SSSR count). The molecule has 0 aliphatic carbocycles. The summed E-state index contributed by atoms with van der Waals surface area (Å²) in [6.45, 7) is 2.75. The van der Waals surface area contributed by atoms with Crippen LogP contribution in [0.2, 0.25) is 0 Å². The fraction of sp³-hybridized carbons (Fsp3) is 0.0811. The van der Waals surface area contributed by atoms with Gasteiger partial charge in [-0.1, -0.05) is 91.0 Å². The topological polar surface area (TPSA) is 54.4 Å². The van der Waals surface area contributed by atoms with Crippen molar-refractivity contribution in [3.63, 3.8) is 0 Å². The van der Waals surface area contributed by atoms with E-state index in [0.717, 1.165) is 22.6 Å². The van der Waals surface area contributed by atoms with E-state index in [-0.39, 0.29) is 18.4 Å². The summed E-state index contributed by atoms with van der Waals surface area (Å²) in [4.78, 5) is 26.2. The Labute approximate surface area is 251 Å². The molecule has 43 heavy (non-hydrogen) atoms. The van der Waals surface area contributed by atoms with Gasteiger partial charge in [-0.3, -0.25) is 9.63 Å². The predicted octanol–water partition coefficient (Wildman–Crippen LogP) is 8.70. The van der Waals surface area contributed by atoms with E-state index in [4.69, 9.17) is 14.6 Å². The first-order chi connectivity index (χ1) is 21.2. The lowest BCUT2D eigenvalue weighted by Crippen LogP contribution is -2.38. The highest BCUT2D eigenvalue weighted by atomic mass is 16.7. The fourth-order valence-electron chi connectivity index (χ4n) is 4.89. The Kier molecular flexibility index (Phi) is 8.39. The van der Waals surface area contributed by atoms with Gasteiger partial charge in [0.05, 0.1) is 5.69 Å². The van der Waals surface area contributed by atoms with Crippen LogP contribution in [0.25, 0.3) is 6.08 Å². The molecule has 0 bridgehead atoms. The molecule has 1 aliphatic rings. The number of carbonyl (C=O) groups excluding carboxylic acids is 1. The van der Waals surface area contributed by atoms with Crippen molar-refractivity contribution in [2.45, 2.75) is 6.92 Å². The van der Waals surface area contributed by atoms with Crippen LogP contribution in [0, 0.1) is 0 Å². The Morgan fingerprint density at radius 2 is 1.30 bits per heavy atom. The highest BCUT2D eigenvalue weighted by Gasteiger charge is 2.23. The highest BCUT2D eigenvalue weighted by molar-refractivity contribution is 6.12. The first kappa shape index (κ1) is 27.7. The molecule has 1 aliphatic heterocycles. The lowest BCUT2D eigenvalue weighted by Gasteiger charge is -2.29. The molecular weight excluding hydrogens is 534 g/mol. The van der Waals surface area contributed by atoms with Crippen molar-refractivity contribution in [3.05, 3.63) is 162 Å². The molecule has 0 amide bonds. The van der Waals surface area contributed by atoms with Gasteiger partial charge in [-0.05, 0) is 67.1 Å². The van der Waals surface area contributed by atoms with Gasteiger partial charge in [-0.2, -0.15) is 4.99 Å². The monoisotopic (exact) mass is 565 g/mol. The zero-order chi connectivity index (χ0) is 29.4. The smallest absolute Gasteiger partial charge is 0.322 e. The number of nitrogens with zero attached hydrogens (tertiary/aromatic N) is 3. The Balaban J connectivity index is 1.27. The van der Waals surface area contributed by atoms with Crippen LogP contribution in [0.1, 0.15) is 28.4 Å². The maximum atomic E-state index is 13.3. The maximum Gasteiger partial charge on any atom is 0.322 e. The molecule has 0 N–H and O–H groups in total. The first-order valence-electron chi connectivity index (χ1n) is 14.3. The largest absolute Gasteiger partial charge is 0.426 e. The van der Waals surface area contributed by atoms with E-state index in [9.17, 15) is 4.79 Å². The molecule has 0 unspecified atom stereocenters. The minimum atomic E-state index is -0.101. The van der Waals surface area contributed by atoms with Crippen LogP contribution < -0.4 is 4.90 Å². The van der Waals surface area contributed by atoms with E-state index in [2.05, 4.69) is 53.4 Å². The van der Waals surface area contributed by atoms with E-state index < -0.39 is 0 Å². The Morgan fingerprint density at radius 3 is 1.93 bits per heavy atom. The summed E-state index contributed by atoms with van der Waals surface area (Å²) in [6.07, 6.45) is 1.95. The fourth-order valence-corrected chi connectivity index (χ4v) is 4.89. The molecule has 6 heteroatoms. The normalized spacial score (nSPS) is 14.9. The van der Waals surface area contributed by atoms with Gasteiger partial charge in [0.1, 0.15) is 12.4 Å². The van der Waals surface area contributed by atoms with Crippen molar-refractivity contribution in [3.8, 4) is 0 Å². The summed E-state index contributed by atoms with van der Waals surface area (Å²) < 4.78 is 6.24. The predicted molar refractivity (Wildman–Crippen MR) is 172 cm³/mol. The van der Waals surface area contributed by atoms with Crippen LogP contribution >= 0.6 is 0 Å². The standard InChI is InChI=1S/C37H31N3O3/c1-2-39-37(38-35-21-13-12-20-34(35)36(41)29-14-6-3-7-15-29)43-33(27-42-39)26-28-22-24-32(25-23-28)40(30-16-8-4-9-17-30)31-18-10-5-11-19-31/h3-26H,2,27H2,1H3/b33-26+,38-37-. The van der Waals surface area contributed by atoms with E-state index in [1.54, 1.807) is 23.3 Å². The molecule has 5 aromatic rings. The zero-order valence-corrected chi connectivity index (χ0v) is 23.8. The molecule has 0 atom stereocenters. The molecule has 5 aromatic carbocycles. The Morgan fingerprint density at radius 1 is 0.744 bits per heavy atom. The number of hydrogen-bond donors (Lipinski definition) is 0. The average Bonchev–Trinajstić information content (AvgIpc) is 3.07. The number of benzene rings is 5. The number of anilines is 3. The molecular formula is C37H31N3O3. The number of rotatable bonds is 8. The summed E-state index contributed by atoms with van der Waals surface area (Å²) >= 11 is 0. The van der Waals surface area contributed by atoms with Gasteiger partial charge in [0.25, 0.3) is 0 Å². The molecule has 212 valence electrons. The number of carbonyl (C=O) groups is 1. The van der Waals surface area contributed by atoms with Crippen molar-refractivity contribution < 1.29 is 14.4 Å². The molecule has 0 aromatic heterocycles. The summed E-state index contributed by atoms with van der Waals surface area (Å²) in [6, 6.07) is 45.6. The minimum Gasteiger partial charge on any atom is -0.426 e. The van der Waals surface area contributed by atoms with Gasteiger partial charge in [-0.25, -0.2) is 5.06 Å². The van der Waals surface area contributed by atoms with Gasteiger partial charge < -0.3 is 9.64 Å². The average molecular weight is 566 g/mol. The number of amidine groups is 1. The summed E-state index contributed by atoms with van der Waals surface area (Å²) in [7, 11) is 0. The van der Waals surface area contributed by atoms with Crippen LogP contribution in [0.3, 0.4) is 0 Å². The lowest BCUT2D eigenvalue weighted by molar-refractivity contribution is -0.130. The van der Waals surface area contributed by atoms with Crippen LogP contribution in [0.4, 0.5) is 22.7 Å². The van der Waals surface area contributed by atoms with Crippen LogP contribution in [-0.2, 0) is 9.57 Å². The lowest BCUT2D eigenvalue weighted by atomic mass is 10.0. The maximum absolute atomic E-state index is 13.3. The van der Waals surface area contributed by atoms with Gasteiger partial charge in [0, 0.05) is 34.7 Å². The van der Waals surface area contributed by atoms with Crippen LogP contribution in [0.5, 0.6) is 0 Å². The Hall–Kier alpha value is -5.46. The third-order valence-electron chi connectivity index (χ3n) is 6.99. The van der Waals surface area contributed by atoms with Gasteiger partial charge in [-0.15, -0.1) is 0 Å². The molecule has 6 nitrogen and oxygen atoms in total. The van der Waals surface area contributed by atoms with E-state index >= 15 is 0 Å². The number of aliphatic imine (C=N–C) groups is 1. The Bertz CT molecular complexity index is 1700. The number of ether oxygens (including phenoxy) is 1. The number of para-hydroxylation sites is 3. The van der Waals surface area contributed by atoms with Gasteiger partial charge in [0.15, 0.2) is 5.78 Å². The van der Waals surface area contributed by atoms with Gasteiger partial charge >= 0.3 is 6.02 Å². The second-order valence-corrected chi connectivity index (χ2v) is 9.89. The molecule has 1 saturated heterocycles. The summed E-state index contributed by atoms with van der Waals surface area (Å²) in [5.74, 6) is 0.516. The van der Waals surface area contributed by atoms with Crippen molar-refractivity contribution in [2.24, 2.45) is 4.99 Å². The summed E-state index contributed by atoms with van der Waals surface area (Å²) in [5.41, 5.74) is 5.78. The molecule has 0 radical (unpaired) electrons. The third kappa shape index (κ3) is 6.40. The molecule has 1 heterocycles. The molecule has 0 spiro atoms.